The summed E-state index contributed by atoms with van der Waals surface area (Å²) in [4.78, 5) is 14.9. The van der Waals surface area contributed by atoms with Crippen LogP contribution in [0.5, 0.6) is 11.5 Å². The van der Waals surface area contributed by atoms with E-state index >= 15 is 0 Å². The zero-order chi connectivity index (χ0) is 20.5. The fraction of sp³-hybridized carbons (Fsp3) is 0.381. The number of ether oxygens (including phenoxy) is 2. The second-order valence-corrected chi connectivity index (χ2v) is 6.67. The fourth-order valence-corrected chi connectivity index (χ4v) is 2.88. The monoisotopic (exact) mass is 526 g/mol. The molecule has 0 bridgehead atoms. The van der Waals surface area contributed by atoms with Crippen molar-refractivity contribution in [1.29, 1.82) is 0 Å². The number of guanidine groups is 1. The van der Waals surface area contributed by atoms with Crippen LogP contribution in [0.2, 0.25) is 0 Å². The first kappa shape index (κ1) is 23.7. The molecule has 0 unspecified atom stereocenters. The predicted octanol–water partition coefficient (Wildman–Crippen LogP) is 3.67. The lowest BCUT2D eigenvalue weighted by Crippen LogP contribution is -2.38. The molecule has 0 atom stereocenters. The highest BCUT2D eigenvalue weighted by atomic mass is 127. The summed E-state index contributed by atoms with van der Waals surface area (Å²) in [5, 5.41) is 17.4. The van der Waals surface area contributed by atoms with E-state index in [1.54, 1.807) is 12.1 Å². The Morgan fingerprint density at radius 1 is 1.03 bits per heavy atom. The lowest BCUT2D eigenvalue weighted by atomic mass is 10.1. The molecule has 2 aromatic carbocycles. The van der Waals surface area contributed by atoms with Gasteiger partial charge in [0, 0.05) is 25.2 Å². The van der Waals surface area contributed by atoms with Gasteiger partial charge in [-0.15, -0.1) is 24.0 Å². The van der Waals surface area contributed by atoms with E-state index in [2.05, 4.69) is 22.5 Å². The van der Waals surface area contributed by atoms with Gasteiger partial charge in [-0.2, -0.15) is 0 Å². The minimum atomic E-state index is -0.402. The standard InChI is InChI=1S/C21H26N4O4.HI/c1-2-10-22-21(24-15-17-3-6-18(7-4-17)25(26)27)23-11-9-16-5-8-19-20(14-16)29-13-12-28-19;/h3-8,14H,2,9-13,15H2,1H3,(H2,22,23,24);1H. The summed E-state index contributed by atoms with van der Waals surface area (Å²) < 4.78 is 11.2. The Morgan fingerprint density at radius 3 is 2.40 bits per heavy atom. The number of hydrogen-bond donors (Lipinski definition) is 2. The minimum absolute atomic E-state index is 0. The molecule has 9 heteroatoms. The fourth-order valence-electron chi connectivity index (χ4n) is 2.88. The first-order chi connectivity index (χ1) is 14.2. The van der Waals surface area contributed by atoms with Gasteiger partial charge in [-0.25, -0.2) is 4.99 Å². The van der Waals surface area contributed by atoms with Gasteiger partial charge < -0.3 is 20.1 Å². The number of halogens is 1. The molecule has 0 spiro atoms. The summed E-state index contributed by atoms with van der Waals surface area (Å²) in [6, 6.07) is 12.5. The van der Waals surface area contributed by atoms with Gasteiger partial charge in [-0.1, -0.05) is 25.1 Å². The van der Waals surface area contributed by atoms with Gasteiger partial charge in [0.2, 0.25) is 0 Å². The van der Waals surface area contributed by atoms with Crippen molar-refractivity contribution in [2.75, 3.05) is 26.3 Å². The molecule has 1 aliphatic heterocycles. The molecule has 0 radical (unpaired) electrons. The second kappa shape index (κ2) is 12.2. The van der Waals surface area contributed by atoms with Crippen LogP contribution in [-0.4, -0.2) is 37.2 Å². The number of fused-ring (bicyclic) bond motifs is 1. The van der Waals surface area contributed by atoms with Gasteiger partial charge in [0.1, 0.15) is 13.2 Å². The van der Waals surface area contributed by atoms with E-state index in [9.17, 15) is 10.1 Å². The molecule has 8 nitrogen and oxygen atoms in total. The Labute approximate surface area is 193 Å². The number of hydrogen-bond acceptors (Lipinski definition) is 5. The van der Waals surface area contributed by atoms with Crippen LogP contribution >= 0.6 is 24.0 Å². The van der Waals surface area contributed by atoms with E-state index in [-0.39, 0.29) is 29.7 Å². The summed E-state index contributed by atoms with van der Waals surface area (Å²) in [6.45, 7) is 5.24. The van der Waals surface area contributed by atoms with E-state index < -0.39 is 4.92 Å². The van der Waals surface area contributed by atoms with Crippen LogP contribution in [0.15, 0.2) is 47.5 Å². The molecule has 162 valence electrons. The highest BCUT2D eigenvalue weighted by Crippen LogP contribution is 2.30. The van der Waals surface area contributed by atoms with Crippen LogP contribution in [0.4, 0.5) is 5.69 Å². The topological polar surface area (TPSA) is 98.0 Å². The average molecular weight is 526 g/mol. The number of nitrogens with zero attached hydrogens (tertiary/aromatic N) is 2. The van der Waals surface area contributed by atoms with E-state index in [0.717, 1.165) is 54.5 Å². The molecule has 3 rings (SSSR count). The molecule has 0 saturated heterocycles. The highest BCUT2D eigenvalue weighted by Gasteiger charge is 2.11. The Bertz CT molecular complexity index is 859. The Morgan fingerprint density at radius 2 is 1.70 bits per heavy atom. The lowest BCUT2D eigenvalue weighted by molar-refractivity contribution is -0.384. The normalized spacial score (nSPS) is 12.6. The Hall–Kier alpha value is -2.56. The van der Waals surface area contributed by atoms with E-state index in [4.69, 9.17) is 9.47 Å². The first-order valence-corrected chi connectivity index (χ1v) is 9.79. The third-order valence-corrected chi connectivity index (χ3v) is 4.42. The van der Waals surface area contributed by atoms with Crippen molar-refractivity contribution in [3.63, 3.8) is 0 Å². The van der Waals surface area contributed by atoms with Crippen LogP contribution in [0, 0.1) is 10.1 Å². The molecule has 2 aromatic rings. The van der Waals surface area contributed by atoms with Crippen LogP contribution in [-0.2, 0) is 13.0 Å². The van der Waals surface area contributed by atoms with E-state index in [1.165, 1.54) is 12.1 Å². The third kappa shape index (κ3) is 7.05. The SMILES string of the molecule is CCCNC(=NCc1ccc([N+](=O)[O-])cc1)NCCc1ccc2c(c1)OCCO2.I. The van der Waals surface area contributed by atoms with Gasteiger partial charge in [-0.05, 0) is 36.1 Å². The molecule has 0 aliphatic carbocycles. The smallest absolute Gasteiger partial charge is 0.269 e. The van der Waals surface area contributed by atoms with Gasteiger partial charge >= 0.3 is 0 Å². The third-order valence-electron chi connectivity index (χ3n) is 4.42. The lowest BCUT2D eigenvalue weighted by Gasteiger charge is -2.19. The van der Waals surface area contributed by atoms with Crippen molar-refractivity contribution in [3.8, 4) is 11.5 Å². The van der Waals surface area contributed by atoms with Crippen molar-refractivity contribution >= 4 is 35.6 Å². The average Bonchev–Trinajstić information content (AvgIpc) is 2.75. The predicted molar refractivity (Wildman–Crippen MR) is 127 cm³/mol. The maximum Gasteiger partial charge on any atom is 0.269 e. The zero-order valence-electron chi connectivity index (χ0n) is 16.9. The summed E-state index contributed by atoms with van der Waals surface area (Å²) in [6.07, 6.45) is 1.81. The van der Waals surface area contributed by atoms with Crippen LogP contribution in [0.1, 0.15) is 24.5 Å². The molecular weight excluding hydrogens is 499 g/mol. The van der Waals surface area contributed by atoms with E-state index in [0.29, 0.717) is 19.8 Å². The maximum absolute atomic E-state index is 10.8. The van der Waals surface area contributed by atoms with Crippen molar-refractivity contribution < 1.29 is 14.4 Å². The van der Waals surface area contributed by atoms with Crippen molar-refractivity contribution in [3.05, 3.63) is 63.7 Å². The van der Waals surface area contributed by atoms with Gasteiger partial charge in [0.15, 0.2) is 17.5 Å². The Balaban J connectivity index is 0.00000320. The van der Waals surface area contributed by atoms with Gasteiger partial charge in [0.25, 0.3) is 5.69 Å². The number of nitro benzene ring substituents is 1. The molecule has 1 aliphatic rings. The summed E-state index contributed by atoms with van der Waals surface area (Å²) >= 11 is 0. The summed E-state index contributed by atoms with van der Waals surface area (Å²) in [5.41, 5.74) is 2.16. The molecule has 0 saturated carbocycles. The number of rotatable bonds is 8. The number of benzene rings is 2. The maximum atomic E-state index is 10.8. The summed E-state index contributed by atoms with van der Waals surface area (Å²) in [7, 11) is 0. The van der Waals surface area contributed by atoms with Crippen LogP contribution < -0.4 is 20.1 Å². The number of nitro groups is 1. The molecule has 1 heterocycles. The van der Waals surface area contributed by atoms with Gasteiger partial charge in [0.05, 0.1) is 11.5 Å². The molecule has 0 amide bonds. The Kier molecular flexibility index (Phi) is 9.65. The van der Waals surface area contributed by atoms with Crippen LogP contribution in [0.25, 0.3) is 0 Å². The van der Waals surface area contributed by atoms with Crippen molar-refractivity contribution in [2.45, 2.75) is 26.3 Å². The zero-order valence-corrected chi connectivity index (χ0v) is 19.3. The summed E-state index contributed by atoms with van der Waals surface area (Å²) in [5.74, 6) is 2.32. The first-order valence-electron chi connectivity index (χ1n) is 9.79. The van der Waals surface area contributed by atoms with Crippen molar-refractivity contribution in [1.82, 2.24) is 10.6 Å². The molecule has 30 heavy (non-hydrogen) atoms. The molecule has 0 aromatic heterocycles. The number of aliphatic imine (C=N–C) groups is 1. The highest BCUT2D eigenvalue weighted by molar-refractivity contribution is 14.0. The van der Waals surface area contributed by atoms with Gasteiger partial charge in [-0.3, -0.25) is 10.1 Å². The van der Waals surface area contributed by atoms with Crippen LogP contribution in [0.3, 0.4) is 0 Å². The number of nitrogens with one attached hydrogen (secondary N) is 2. The quantitative estimate of drug-likeness (QED) is 0.179. The largest absolute Gasteiger partial charge is 0.486 e. The minimum Gasteiger partial charge on any atom is -0.486 e. The second-order valence-electron chi connectivity index (χ2n) is 6.67. The number of non-ortho nitro benzene ring substituents is 1. The molecule has 0 fully saturated rings. The van der Waals surface area contributed by atoms with Crippen molar-refractivity contribution in [2.24, 2.45) is 4.99 Å². The van der Waals surface area contributed by atoms with E-state index in [1.807, 2.05) is 18.2 Å². The molecular formula is C21H27IN4O4. The molecule has 2 N–H and O–H groups in total.